The van der Waals surface area contributed by atoms with E-state index in [0.29, 0.717) is 0 Å². The highest BCUT2D eigenvalue weighted by atomic mass is 16.7. The summed E-state index contributed by atoms with van der Waals surface area (Å²) in [4.78, 5) is 23.5. The molecule has 1 fully saturated rings. The molecular weight excluding hydrogens is 230 g/mol. The van der Waals surface area contributed by atoms with Crippen molar-refractivity contribution in [1.29, 1.82) is 0 Å². The topological polar surface area (TPSA) is 45.1 Å². The second-order valence-electron chi connectivity index (χ2n) is 5.93. The minimum atomic E-state index is -0.287. The molecule has 2 heterocycles. The first-order valence-electron chi connectivity index (χ1n) is 6.36. The van der Waals surface area contributed by atoms with Gasteiger partial charge in [-0.1, -0.05) is 20.8 Å². The SMILES string of the molecule is CC1CCN1C(=O)ON1C=CC=NC1C(C)(C)C. The molecule has 0 aliphatic carbocycles. The lowest BCUT2D eigenvalue weighted by Gasteiger charge is -2.41. The van der Waals surface area contributed by atoms with Crippen LogP contribution >= 0.6 is 0 Å². The molecule has 2 aliphatic heterocycles. The Balaban J connectivity index is 2.01. The number of amides is 1. The molecule has 5 nitrogen and oxygen atoms in total. The minimum absolute atomic E-state index is 0.0951. The standard InChI is InChI=1S/C13H21N3O2/c1-10-6-9-15(10)12(17)18-16-8-5-7-14-11(16)13(2,3)4/h5,7-8,10-11H,6,9H2,1-4H3. The lowest BCUT2D eigenvalue weighted by atomic mass is 9.92. The van der Waals surface area contributed by atoms with E-state index in [4.69, 9.17) is 4.84 Å². The van der Waals surface area contributed by atoms with E-state index in [1.807, 2.05) is 6.92 Å². The summed E-state index contributed by atoms with van der Waals surface area (Å²) < 4.78 is 0. The molecule has 0 aromatic rings. The van der Waals surface area contributed by atoms with Gasteiger partial charge in [-0.3, -0.25) is 4.99 Å². The maximum atomic E-state index is 12.0. The number of hydrogen-bond acceptors (Lipinski definition) is 4. The average Bonchev–Trinajstić information content (AvgIpc) is 2.26. The van der Waals surface area contributed by atoms with Crippen molar-refractivity contribution < 1.29 is 9.63 Å². The van der Waals surface area contributed by atoms with Gasteiger partial charge in [0.05, 0.1) is 0 Å². The van der Waals surface area contributed by atoms with Gasteiger partial charge in [-0.05, 0) is 19.4 Å². The summed E-state index contributed by atoms with van der Waals surface area (Å²) in [5.41, 5.74) is -0.0951. The van der Waals surface area contributed by atoms with Gasteiger partial charge in [0, 0.05) is 30.4 Å². The Morgan fingerprint density at radius 1 is 1.44 bits per heavy atom. The van der Waals surface area contributed by atoms with Gasteiger partial charge in [0.15, 0.2) is 6.17 Å². The van der Waals surface area contributed by atoms with E-state index in [0.717, 1.165) is 13.0 Å². The molecule has 18 heavy (non-hydrogen) atoms. The molecule has 0 aromatic carbocycles. The van der Waals surface area contributed by atoms with Gasteiger partial charge < -0.3 is 9.74 Å². The molecule has 0 bridgehead atoms. The second-order valence-corrected chi connectivity index (χ2v) is 5.93. The van der Waals surface area contributed by atoms with Crippen LogP contribution in [-0.4, -0.2) is 41.0 Å². The number of allylic oxidation sites excluding steroid dienone is 1. The van der Waals surface area contributed by atoms with Crippen molar-refractivity contribution in [2.75, 3.05) is 6.54 Å². The summed E-state index contributed by atoms with van der Waals surface area (Å²) in [6.45, 7) is 9.01. The molecule has 5 heteroatoms. The summed E-state index contributed by atoms with van der Waals surface area (Å²) >= 11 is 0. The molecule has 0 spiro atoms. The molecule has 2 atom stereocenters. The highest BCUT2D eigenvalue weighted by molar-refractivity contribution is 5.72. The zero-order valence-corrected chi connectivity index (χ0v) is 11.5. The van der Waals surface area contributed by atoms with Crippen LogP contribution in [0, 0.1) is 5.41 Å². The van der Waals surface area contributed by atoms with E-state index in [-0.39, 0.29) is 23.7 Å². The number of carbonyl (C=O) groups excluding carboxylic acids is 1. The van der Waals surface area contributed by atoms with Crippen LogP contribution in [0.2, 0.25) is 0 Å². The number of nitrogens with zero attached hydrogens (tertiary/aromatic N) is 3. The van der Waals surface area contributed by atoms with Crippen LogP contribution in [0.1, 0.15) is 34.1 Å². The first-order chi connectivity index (χ1) is 8.39. The first kappa shape index (κ1) is 12.9. The summed E-state index contributed by atoms with van der Waals surface area (Å²) in [7, 11) is 0. The molecule has 0 radical (unpaired) electrons. The molecule has 0 aromatic heterocycles. The number of hydroxylamine groups is 2. The van der Waals surface area contributed by atoms with E-state index < -0.39 is 0 Å². The summed E-state index contributed by atoms with van der Waals surface area (Å²) in [6.07, 6.45) is 5.85. The average molecular weight is 251 g/mol. The third-order valence-electron chi connectivity index (χ3n) is 3.30. The third-order valence-corrected chi connectivity index (χ3v) is 3.30. The van der Waals surface area contributed by atoms with Gasteiger partial charge in [0.25, 0.3) is 0 Å². The van der Waals surface area contributed by atoms with Gasteiger partial charge in [0.2, 0.25) is 0 Å². The van der Waals surface area contributed by atoms with E-state index >= 15 is 0 Å². The normalized spacial score (nSPS) is 27.1. The Labute approximate surface area is 108 Å². The van der Waals surface area contributed by atoms with Crippen LogP contribution in [0.3, 0.4) is 0 Å². The van der Waals surface area contributed by atoms with Gasteiger partial charge in [-0.2, -0.15) is 5.06 Å². The zero-order chi connectivity index (χ0) is 13.3. The van der Waals surface area contributed by atoms with Crippen molar-refractivity contribution in [3.05, 3.63) is 12.3 Å². The molecular formula is C13H21N3O2. The zero-order valence-electron chi connectivity index (χ0n) is 11.5. The number of rotatable bonds is 1. The summed E-state index contributed by atoms with van der Waals surface area (Å²) in [5, 5.41) is 1.55. The van der Waals surface area contributed by atoms with Crippen molar-refractivity contribution in [2.45, 2.75) is 46.3 Å². The monoisotopic (exact) mass is 251 g/mol. The van der Waals surface area contributed by atoms with Gasteiger partial charge in [-0.25, -0.2) is 4.79 Å². The highest BCUT2D eigenvalue weighted by Gasteiger charge is 2.35. The second kappa shape index (κ2) is 4.63. The Hall–Kier alpha value is -1.52. The number of aliphatic imine (C=N–C) groups is 1. The maximum Gasteiger partial charge on any atom is 0.434 e. The lowest BCUT2D eigenvalue weighted by molar-refractivity contribution is -0.133. The summed E-state index contributed by atoms with van der Waals surface area (Å²) in [5.74, 6) is 0. The molecule has 2 unspecified atom stereocenters. The Morgan fingerprint density at radius 2 is 2.17 bits per heavy atom. The van der Waals surface area contributed by atoms with E-state index in [1.165, 1.54) is 0 Å². The highest BCUT2D eigenvalue weighted by Crippen LogP contribution is 2.28. The van der Waals surface area contributed by atoms with E-state index in [9.17, 15) is 4.79 Å². The van der Waals surface area contributed by atoms with E-state index in [2.05, 4.69) is 25.8 Å². The van der Waals surface area contributed by atoms with Crippen molar-refractivity contribution >= 4 is 12.3 Å². The number of hydrogen-bond donors (Lipinski definition) is 0. The van der Waals surface area contributed by atoms with Gasteiger partial charge in [-0.15, -0.1) is 0 Å². The lowest BCUT2D eigenvalue weighted by Crippen LogP contribution is -2.52. The molecule has 1 amide bonds. The predicted octanol–water partition coefficient (Wildman–Crippen LogP) is 2.40. The minimum Gasteiger partial charge on any atom is -0.320 e. The maximum absolute atomic E-state index is 12.0. The molecule has 100 valence electrons. The van der Waals surface area contributed by atoms with Crippen LogP contribution in [0.25, 0.3) is 0 Å². The van der Waals surface area contributed by atoms with Crippen molar-refractivity contribution in [3.63, 3.8) is 0 Å². The van der Waals surface area contributed by atoms with Crippen LogP contribution in [0.5, 0.6) is 0 Å². The fraction of sp³-hybridized carbons (Fsp3) is 0.692. The number of carbonyl (C=O) groups is 1. The first-order valence-corrected chi connectivity index (χ1v) is 6.36. The fourth-order valence-corrected chi connectivity index (χ4v) is 2.02. The van der Waals surface area contributed by atoms with Crippen LogP contribution in [0.15, 0.2) is 17.3 Å². The van der Waals surface area contributed by atoms with Crippen LogP contribution < -0.4 is 0 Å². The smallest absolute Gasteiger partial charge is 0.320 e. The molecule has 0 saturated carbocycles. The van der Waals surface area contributed by atoms with Crippen LogP contribution in [-0.2, 0) is 4.84 Å². The molecule has 2 aliphatic rings. The Kier molecular flexibility index (Phi) is 3.32. The molecule has 0 N–H and O–H groups in total. The van der Waals surface area contributed by atoms with Gasteiger partial charge in [0.1, 0.15) is 0 Å². The largest absolute Gasteiger partial charge is 0.434 e. The number of likely N-dealkylation sites (tertiary alicyclic amines) is 1. The molecule has 2 rings (SSSR count). The third kappa shape index (κ3) is 2.49. The van der Waals surface area contributed by atoms with Crippen molar-refractivity contribution in [3.8, 4) is 0 Å². The molecule has 1 saturated heterocycles. The Bertz CT molecular complexity index is 384. The predicted molar refractivity (Wildman–Crippen MR) is 70.0 cm³/mol. The van der Waals surface area contributed by atoms with Crippen molar-refractivity contribution in [1.82, 2.24) is 9.96 Å². The Morgan fingerprint density at radius 3 is 2.67 bits per heavy atom. The van der Waals surface area contributed by atoms with E-state index in [1.54, 1.807) is 28.5 Å². The quantitative estimate of drug-likeness (QED) is 0.719. The van der Waals surface area contributed by atoms with Gasteiger partial charge >= 0.3 is 6.09 Å². The van der Waals surface area contributed by atoms with Crippen LogP contribution in [0.4, 0.5) is 4.79 Å². The fourth-order valence-electron chi connectivity index (χ4n) is 2.02. The summed E-state index contributed by atoms with van der Waals surface area (Å²) in [6, 6.07) is 0.280. The van der Waals surface area contributed by atoms with Crippen molar-refractivity contribution in [2.24, 2.45) is 10.4 Å².